The van der Waals surface area contributed by atoms with E-state index in [4.69, 9.17) is 0 Å². The van der Waals surface area contributed by atoms with Gasteiger partial charge >= 0.3 is 5.97 Å². The molecule has 3 fully saturated rings. The molecule has 5 nitrogen and oxygen atoms in total. The molecule has 3 rings (SSSR count). The number of hydrogen-bond donors (Lipinski definition) is 1. The van der Waals surface area contributed by atoms with Gasteiger partial charge in [-0.1, -0.05) is 12.8 Å². The van der Waals surface area contributed by atoms with E-state index in [1.54, 1.807) is 0 Å². The topological polar surface area (TPSA) is 60.9 Å². The van der Waals surface area contributed by atoms with Crippen molar-refractivity contribution in [3.63, 3.8) is 0 Å². The quantitative estimate of drug-likeness (QED) is 0.852. The molecule has 0 aromatic heterocycles. The summed E-state index contributed by atoms with van der Waals surface area (Å²) in [6.45, 7) is 4.63. The number of aliphatic carboxylic acids is 1. The molecular weight excluding hydrogens is 268 g/mol. The van der Waals surface area contributed by atoms with Gasteiger partial charge in [-0.15, -0.1) is 0 Å². The van der Waals surface area contributed by atoms with Crippen LogP contribution in [0.3, 0.4) is 0 Å². The Hall–Kier alpha value is -1.10. The first-order chi connectivity index (χ1) is 10.1. The fourth-order valence-electron chi connectivity index (χ4n) is 3.77. The van der Waals surface area contributed by atoms with Crippen LogP contribution in [0.1, 0.15) is 38.5 Å². The summed E-state index contributed by atoms with van der Waals surface area (Å²) in [4.78, 5) is 28.4. The number of carboxylic acids is 1. The monoisotopic (exact) mass is 294 g/mol. The highest BCUT2D eigenvalue weighted by Crippen LogP contribution is 2.33. The third kappa shape index (κ3) is 3.57. The van der Waals surface area contributed by atoms with E-state index in [9.17, 15) is 14.7 Å². The molecule has 2 unspecified atom stereocenters. The molecule has 2 atom stereocenters. The minimum Gasteiger partial charge on any atom is -0.481 e. The SMILES string of the molecule is O=C(O)C1CCCCC1C(=O)N1CCN(CC2CC2)CC1. The lowest BCUT2D eigenvalue weighted by Crippen LogP contribution is -2.52. The Morgan fingerprint density at radius 1 is 0.905 bits per heavy atom. The molecule has 3 aliphatic rings. The summed E-state index contributed by atoms with van der Waals surface area (Å²) < 4.78 is 0. The van der Waals surface area contributed by atoms with Crippen LogP contribution < -0.4 is 0 Å². The fraction of sp³-hybridized carbons (Fsp3) is 0.875. The third-order valence-electron chi connectivity index (χ3n) is 5.30. The molecule has 21 heavy (non-hydrogen) atoms. The molecule has 1 N–H and O–H groups in total. The molecule has 0 aromatic carbocycles. The Morgan fingerprint density at radius 2 is 1.52 bits per heavy atom. The maximum absolute atomic E-state index is 12.7. The number of nitrogens with zero attached hydrogens (tertiary/aromatic N) is 2. The largest absolute Gasteiger partial charge is 0.481 e. The van der Waals surface area contributed by atoms with Crippen LogP contribution in [0.2, 0.25) is 0 Å². The van der Waals surface area contributed by atoms with Crippen LogP contribution in [-0.4, -0.2) is 59.5 Å². The van der Waals surface area contributed by atoms with E-state index < -0.39 is 11.9 Å². The van der Waals surface area contributed by atoms with Crippen molar-refractivity contribution >= 4 is 11.9 Å². The Balaban J connectivity index is 1.53. The van der Waals surface area contributed by atoms with Crippen molar-refractivity contribution in [1.82, 2.24) is 9.80 Å². The molecule has 0 bridgehead atoms. The van der Waals surface area contributed by atoms with Crippen molar-refractivity contribution in [2.75, 3.05) is 32.7 Å². The first kappa shape index (κ1) is 14.8. The zero-order valence-corrected chi connectivity index (χ0v) is 12.7. The summed E-state index contributed by atoms with van der Waals surface area (Å²) >= 11 is 0. The van der Waals surface area contributed by atoms with Crippen LogP contribution in [0.5, 0.6) is 0 Å². The summed E-state index contributed by atoms with van der Waals surface area (Å²) in [5.41, 5.74) is 0. The number of hydrogen-bond acceptors (Lipinski definition) is 3. The fourth-order valence-corrected chi connectivity index (χ4v) is 3.77. The van der Waals surface area contributed by atoms with Crippen LogP contribution in [0.4, 0.5) is 0 Å². The van der Waals surface area contributed by atoms with Gasteiger partial charge in [-0.3, -0.25) is 14.5 Å². The second-order valence-electron chi connectivity index (χ2n) is 6.90. The van der Waals surface area contributed by atoms with Crippen LogP contribution >= 0.6 is 0 Å². The number of carboxylic acid groups (broad SMARTS) is 1. The number of carbonyl (C=O) groups is 2. The lowest BCUT2D eigenvalue weighted by molar-refractivity contribution is -0.153. The van der Waals surface area contributed by atoms with E-state index in [2.05, 4.69) is 4.90 Å². The average Bonchev–Trinajstić information content (AvgIpc) is 3.31. The zero-order chi connectivity index (χ0) is 14.8. The van der Waals surface area contributed by atoms with Crippen molar-refractivity contribution in [2.24, 2.45) is 17.8 Å². The van der Waals surface area contributed by atoms with E-state index >= 15 is 0 Å². The molecule has 0 aromatic rings. The minimum atomic E-state index is -0.791. The Kier molecular flexibility index (Phi) is 4.48. The van der Waals surface area contributed by atoms with Crippen LogP contribution in [0.25, 0.3) is 0 Å². The predicted octanol–water partition coefficient (Wildman–Crippen LogP) is 1.43. The molecule has 2 aliphatic carbocycles. The molecule has 1 amide bonds. The van der Waals surface area contributed by atoms with Crippen molar-refractivity contribution in [3.05, 3.63) is 0 Å². The maximum Gasteiger partial charge on any atom is 0.307 e. The molecule has 1 heterocycles. The maximum atomic E-state index is 12.7. The van der Waals surface area contributed by atoms with Gasteiger partial charge in [0, 0.05) is 32.7 Å². The molecule has 2 saturated carbocycles. The standard InChI is InChI=1S/C16H26N2O3/c19-15(13-3-1-2-4-14(13)16(20)21)18-9-7-17(8-10-18)11-12-5-6-12/h12-14H,1-11H2,(H,20,21). The highest BCUT2D eigenvalue weighted by molar-refractivity contribution is 5.85. The minimum absolute atomic E-state index is 0.0909. The van der Waals surface area contributed by atoms with E-state index in [0.29, 0.717) is 6.42 Å². The summed E-state index contributed by atoms with van der Waals surface area (Å²) in [5.74, 6) is -0.558. The molecule has 0 radical (unpaired) electrons. The highest BCUT2D eigenvalue weighted by Gasteiger charge is 2.38. The first-order valence-electron chi connectivity index (χ1n) is 8.39. The van der Waals surface area contributed by atoms with Gasteiger partial charge in [0.25, 0.3) is 0 Å². The lowest BCUT2D eigenvalue weighted by atomic mass is 9.78. The molecule has 1 aliphatic heterocycles. The molecule has 118 valence electrons. The Morgan fingerprint density at radius 3 is 2.10 bits per heavy atom. The average molecular weight is 294 g/mol. The number of piperazine rings is 1. The predicted molar refractivity (Wildman–Crippen MR) is 78.8 cm³/mol. The van der Waals surface area contributed by atoms with Gasteiger partial charge in [0.15, 0.2) is 0 Å². The van der Waals surface area contributed by atoms with E-state index in [1.165, 1.54) is 19.4 Å². The lowest BCUT2D eigenvalue weighted by Gasteiger charge is -2.38. The third-order valence-corrected chi connectivity index (χ3v) is 5.30. The van der Waals surface area contributed by atoms with Gasteiger partial charge in [-0.05, 0) is 31.6 Å². The van der Waals surface area contributed by atoms with Crippen molar-refractivity contribution in [3.8, 4) is 0 Å². The molecular formula is C16H26N2O3. The Labute approximate surface area is 126 Å². The van der Waals surface area contributed by atoms with Gasteiger partial charge in [-0.2, -0.15) is 0 Å². The van der Waals surface area contributed by atoms with Crippen LogP contribution in [0.15, 0.2) is 0 Å². The number of rotatable bonds is 4. The van der Waals surface area contributed by atoms with E-state index in [0.717, 1.165) is 51.4 Å². The summed E-state index contributed by atoms with van der Waals surface area (Å²) in [7, 11) is 0. The van der Waals surface area contributed by atoms with E-state index in [-0.39, 0.29) is 11.8 Å². The first-order valence-corrected chi connectivity index (χ1v) is 8.39. The highest BCUT2D eigenvalue weighted by atomic mass is 16.4. The van der Waals surface area contributed by atoms with Crippen LogP contribution in [-0.2, 0) is 9.59 Å². The molecule has 0 spiro atoms. The molecule has 5 heteroatoms. The summed E-state index contributed by atoms with van der Waals surface area (Å²) in [6, 6.07) is 0. The normalized spacial score (nSPS) is 31.1. The molecule has 1 saturated heterocycles. The summed E-state index contributed by atoms with van der Waals surface area (Å²) in [6.07, 6.45) is 6.06. The number of carbonyl (C=O) groups excluding carboxylic acids is 1. The Bertz CT molecular complexity index is 400. The number of amides is 1. The van der Waals surface area contributed by atoms with Gasteiger partial charge in [-0.25, -0.2) is 0 Å². The second-order valence-corrected chi connectivity index (χ2v) is 6.90. The van der Waals surface area contributed by atoms with Gasteiger partial charge in [0.1, 0.15) is 0 Å². The van der Waals surface area contributed by atoms with Crippen molar-refractivity contribution < 1.29 is 14.7 Å². The van der Waals surface area contributed by atoms with Crippen molar-refractivity contribution in [1.29, 1.82) is 0 Å². The van der Waals surface area contributed by atoms with Gasteiger partial charge < -0.3 is 10.0 Å². The van der Waals surface area contributed by atoms with Gasteiger partial charge in [0.05, 0.1) is 11.8 Å². The summed E-state index contributed by atoms with van der Waals surface area (Å²) in [5, 5.41) is 9.33. The zero-order valence-electron chi connectivity index (χ0n) is 12.7. The van der Waals surface area contributed by atoms with Crippen molar-refractivity contribution in [2.45, 2.75) is 38.5 Å². The second kappa shape index (κ2) is 6.34. The smallest absolute Gasteiger partial charge is 0.307 e. The van der Waals surface area contributed by atoms with Crippen LogP contribution in [0, 0.1) is 17.8 Å². The van der Waals surface area contributed by atoms with Gasteiger partial charge in [0.2, 0.25) is 5.91 Å². The van der Waals surface area contributed by atoms with E-state index in [1.807, 2.05) is 4.90 Å².